The van der Waals surface area contributed by atoms with Gasteiger partial charge in [-0.3, -0.25) is 9.79 Å². The second-order valence-corrected chi connectivity index (χ2v) is 7.48. The van der Waals surface area contributed by atoms with E-state index < -0.39 is 29.4 Å². The third kappa shape index (κ3) is 4.79. The van der Waals surface area contributed by atoms with Gasteiger partial charge in [-0.15, -0.1) is 0 Å². The van der Waals surface area contributed by atoms with Crippen LogP contribution in [0.15, 0.2) is 41.4 Å². The number of rotatable bonds is 6. The standard InChI is InChI=1S/C21H22F4N4O/c1-12(11-29(2)3)27-17-8-7-13(9-15(17)21(23,24)25)26-10-14-19-16(22)5-4-6-18(19)28-20(14)30/h4-10,12,14,27H,11H2,1-3H3,(H,28,30). The monoisotopic (exact) mass is 422 g/mol. The van der Waals surface area contributed by atoms with Crippen LogP contribution in [-0.2, 0) is 11.0 Å². The predicted molar refractivity (Wildman–Crippen MR) is 109 cm³/mol. The van der Waals surface area contributed by atoms with E-state index in [0.717, 1.165) is 6.07 Å². The molecule has 0 bridgehead atoms. The number of carbonyl (C=O) groups is 1. The van der Waals surface area contributed by atoms with Gasteiger partial charge in [0.2, 0.25) is 5.91 Å². The average molecular weight is 422 g/mol. The number of amides is 1. The second kappa shape index (κ2) is 8.43. The third-order valence-electron chi connectivity index (χ3n) is 4.63. The highest BCUT2D eigenvalue weighted by Gasteiger charge is 2.35. The molecule has 0 aliphatic carbocycles. The Morgan fingerprint density at radius 3 is 2.67 bits per heavy atom. The molecule has 30 heavy (non-hydrogen) atoms. The molecule has 1 aliphatic rings. The molecule has 1 heterocycles. The number of alkyl halides is 3. The maximum absolute atomic E-state index is 14.1. The molecular formula is C21H22F4N4O. The molecule has 1 amide bonds. The summed E-state index contributed by atoms with van der Waals surface area (Å²) in [7, 11) is 3.67. The first-order valence-electron chi connectivity index (χ1n) is 9.32. The largest absolute Gasteiger partial charge is 0.418 e. The van der Waals surface area contributed by atoms with Crippen LogP contribution < -0.4 is 10.6 Å². The van der Waals surface area contributed by atoms with Gasteiger partial charge >= 0.3 is 6.18 Å². The van der Waals surface area contributed by atoms with Gasteiger partial charge in [-0.25, -0.2) is 4.39 Å². The van der Waals surface area contributed by atoms with Crippen molar-refractivity contribution in [2.24, 2.45) is 4.99 Å². The van der Waals surface area contributed by atoms with E-state index >= 15 is 0 Å². The minimum atomic E-state index is -4.59. The van der Waals surface area contributed by atoms with Gasteiger partial charge in [0.25, 0.3) is 0 Å². The first-order chi connectivity index (χ1) is 14.1. The minimum Gasteiger partial charge on any atom is -0.381 e. The van der Waals surface area contributed by atoms with Crippen LogP contribution in [0.2, 0.25) is 0 Å². The van der Waals surface area contributed by atoms with E-state index in [9.17, 15) is 22.4 Å². The number of nitrogens with zero attached hydrogens (tertiary/aromatic N) is 2. The highest BCUT2D eigenvalue weighted by molar-refractivity contribution is 6.12. The van der Waals surface area contributed by atoms with Crippen molar-refractivity contribution < 1.29 is 22.4 Å². The van der Waals surface area contributed by atoms with Gasteiger partial charge in [0.1, 0.15) is 11.7 Å². The summed E-state index contributed by atoms with van der Waals surface area (Å²) >= 11 is 0. The zero-order valence-electron chi connectivity index (χ0n) is 16.7. The molecule has 0 saturated heterocycles. The number of likely N-dealkylation sites (N-methyl/N-ethyl adjacent to an activating group) is 1. The number of benzene rings is 2. The molecule has 2 aromatic rings. The van der Waals surface area contributed by atoms with E-state index in [1.807, 2.05) is 19.0 Å². The molecule has 1 aliphatic heterocycles. The molecule has 3 rings (SSSR count). The molecule has 0 saturated carbocycles. The van der Waals surface area contributed by atoms with Crippen molar-refractivity contribution in [3.63, 3.8) is 0 Å². The summed E-state index contributed by atoms with van der Waals surface area (Å²) in [6, 6.07) is 7.68. The zero-order chi connectivity index (χ0) is 22.1. The topological polar surface area (TPSA) is 56.7 Å². The smallest absolute Gasteiger partial charge is 0.381 e. The fraction of sp³-hybridized carbons (Fsp3) is 0.333. The quantitative estimate of drug-likeness (QED) is 0.527. The lowest BCUT2D eigenvalue weighted by molar-refractivity contribution is -0.137. The molecule has 2 aromatic carbocycles. The third-order valence-corrected chi connectivity index (χ3v) is 4.63. The van der Waals surface area contributed by atoms with Gasteiger partial charge in [0, 0.05) is 35.7 Å². The first-order valence-corrected chi connectivity index (χ1v) is 9.32. The van der Waals surface area contributed by atoms with Crippen molar-refractivity contribution in [3.8, 4) is 0 Å². The summed E-state index contributed by atoms with van der Waals surface area (Å²) in [4.78, 5) is 18.0. The molecule has 0 fully saturated rings. The lowest BCUT2D eigenvalue weighted by Crippen LogP contribution is -2.30. The Morgan fingerprint density at radius 2 is 2.00 bits per heavy atom. The zero-order valence-corrected chi connectivity index (χ0v) is 16.7. The highest BCUT2D eigenvalue weighted by atomic mass is 19.4. The molecule has 2 unspecified atom stereocenters. The van der Waals surface area contributed by atoms with Crippen LogP contribution in [0.25, 0.3) is 0 Å². The molecule has 9 heteroatoms. The van der Waals surface area contributed by atoms with E-state index in [2.05, 4.69) is 15.6 Å². The van der Waals surface area contributed by atoms with Gasteiger partial charge in [-0.2, -0.15) is 13.2 Å². The minimum absolute atomic E-state index is 0.0192. The summed E-state index contributed by atoms with van der Waals surface area (Å²) < 4.78 is 54.8. The Hall–Kier alpha value is -2.94. The van der Waals surface area contributed by atoms with E-state index in [1.165, 1.54) is 30.5 Å². The molecule has 0 aromatic heterocycles. The van der Waals surface area contributed by atoms with Gasteiger partial charge in [-0.1, -0.05) is 6.07 Å². The summed E-state index contributed by atoms with van der Waals surface area (Å²) in [5, 5.41) is 5.42. The summed E-state index contributed by atoms with van der Waals surface area (Å²) in [5.74, 6) is -2.06. The summed E-state index contributed by atoms with van der Waals surface area (Å²) in [6.07, 6.45) is -3.42. The van der Waals surface area contributed by atoms with Crippen LogP contribution in [0.3, 0.4) is 0 Å². The summed E-state index contributed by atoms with van der Waals surface area (Å²) in [5.41, 5.74) is -0.415. The van der Waals surface area contributed by atoms with Crippen LogP contribution in [0.5, 0.6) is 0 Å². The van der Waals surface area contributed by atoms with Crippen molar-refractivity contribution in [2.75, 3.05) is 31.3 Å². The number of hydrogen-bond donors (Lipinski definition) is 2. The molecular weight excluding hydrogens is 400 g/mol. The van der Waals surface area contributed by atoms with E-state index in [-0.39, 0.29) is 23.0 Å². The van der Waals surface area contributed by atoms with Crippen LogP contribution >= 0.6 is 0 Å². The van der Waals surface area contributed by atoms with Crippen molar-refractivity contribution in [1.29, 1.82) is 0 Å². The predicted octanol–water partition coefficient (Wildman–Crippen LogP) is 4.64. The molecule has 5 nitrogen and oxygen atoms in total. The normalized spacial score (nSPS) is 17.3. The van der Waals surface area contributed by atoms with Gasteiger partial charge in [0.05, 0.1) is 11.3 Å². The Morgan fingerprint density at radius 1 is 1.27 bits per heavy atom. The lowest BCUT2D eigenvalue weighted by atomic mass is 10.0. The molecule has 160 valence electrons. The van der Waals surface area contributed by atoms with Crippen molar-refractivity contribution in [3.05, 3.63) is 53.3 Å². The van der Waals surface area contributed by atoms with Gasteiger partial charge in [-0.05, 0) is 51.4 Å². The second-order valence-electron chi connectivity index (χ2n) is 7.48. The van der Waals surface area contributed by atoms with Crippen LogP contribution in [-0.4, -0.2) is 43.7 Å². The van der Waals surface area contributed by atoms with Gasteiger partial charge in [0.15, 0.2) is 0 Å². The van der Waals surface area contributed by atoms with Gasteiger partial charge < -0.3 is 15.5 Å². The fourth-order valence-electron chi connectivity index (χ4n) is 3.44. The number of hydrogen-bond acceptors (Lipinski definition) is 4. The average Bonchev–Trinajstić information content (AvgIpc) is 2.95. The Balaban J connectivity index is 1.88. The molecule has 2 N–H and O–H groups in total. The van der Waals surface area contributed by atoms with Crippen molar-refractivity contribution in [2.45, 2.75) is 25.1 Å². The highest BCUT2D eigenvalue weighted by Crippen LogP contribution is 2.38. The molecule has 0 radical (unpaired) electrons. The van der Waals surface area contributed by atoms with E-state index in [4.69, 9.17) is 0 Å². The maximum Gasteiger partial charge on any atom is 0.418 e. The Labute approximate surface area is 171 Å². The van der Waals surface area contributed by atoms with Crippen molar-refractivity contribution >= 4 is 29.2 Å². The van der Waals surface area contributed by atoms with Crippen LogP contribution in [0, 0.1) is 5.82 Å². The number of halogens is 4. The first kappa shape index (κ1) is 21.8. The van der Waals surface area contributed by atoms with E-state index in [1.54, 1.807) is 13.0 Å². The number of fused-ring (bicyclic) bond motifs is 1. The molecule has 2 atom stereocenters. The van der Waals surface area contributed by atoms with E-state index in [0.29, 0.717) is 12.2 Å². The summed E-state index contributed by atoms with van der Waals surface area (Å²) in [6.45, 7) is 2.34. The number of nitrogens with one attached hydrogen (secondary N) is 2. The van der Waals surface area contributed by atoms with Crippen LogP contribution in [0.4, 0.5) is 34.6 Å². The fourth-order valence-corrected chi connectivity index (χ4v) is 3.44. The van der Waals surface area contributed by atoms with Crippen molar-refractivity contribution in [1.82, 2.24) is 4.90 Å². The Bertz CT molecular complexity index is 972. The maximum atomic E-state index is 14.1. The molecule has 0 spiro atoms. The number of anilines is 2. The van der Waals surface area contributed by atoms with Crippen LogP contribution in [0.1, 0.15) is 24.0 Å². The number of aliphatic imine (C=N–C) groups is 1. The SMILES string of the molecule is CC(CN(C)C)Nc1ccc(N=CC2C(=O)Nc3cccc(F)c32)cc1C(F)(F)F. The lowest BCUT2D eigenvalue weighted by Gasteiger charge is -2.22. The Kier molecular flexibility index (Phi) is 6.12. The number of carbonyl (C=O) groups excluding carboxylic acids is 1.